The van der Waals surface area contributed by atoms with Gasteiger partial charge < -0.3 is 25.1 Å². The van der Waals surface area contributed by atoms with Gasteiger partial charge in [-0.1, -0.05) is 0 Å². The first-order chi connectivity index (χ1) is 12.2. The summed E-state index contributed by atoms with van der Waals surface area (Å²) in [6.07, 6.45) is 1.17. The molecule has 3 N–H and O–H groups in total. The third-order valence-corrected chi connectivity index (χ3v) is 4.74. The molecule has 2 aliphatic rings. The van der Waals surface area contributed by atoms with Crippen LogP contribution in [0.15, 0.2) is 21.5 Å². The number of hydrogen-bond donors (Lipinski definition) is 2. The minimum Gasteiger partial charge on any atom is -0.454 e. The lowest BCUT2D eigenvalue weighted by Crippen LogP contribution is -2.42. The van der Waals surface area contributed by atoms with Crippen LogP contribution in [0, 0.1) is 5.92 Å². The molecular weight excluding hydrogens is 322 g/mol. The lowest BCUT2D eigenvalue weighted by Gasteiger charge is -2.29. The van der Waals surface area contributed by atoms with Gasteiger partial charge in [-0.15, -0.1) is 0 Å². The number of aliphatic imine (C=N–C) groups is 1. The molecule has 2 saturated heterocycles. The standard InChI is InChI=1S/C17H27N5O3/c1-19-17(20-10-14-2-3-15(25-14)16(18)23)22-5-4-13(12-22)11-21-6-8-24-9-7-21/h2-3,13H,4-12H2,1H3,(H2,18,23)(H,19,20). The number of rotatable bonds is 5. The Morgan fingerprint density at radius 3 is 2.84 bits per heavy atom. The maximum Gasteiger partial charge on any atom is 0.284 e. The highest BCUT2D eigenvalue weighted by Crippen LogP contribution is 2.18. The highest BCUT2D eigenvalue weighted by molar-refractivity contribution is 5.89. The van der Waals surface area contributed by atoms with Gasteiger partial charge >= 0.3 is 0 Å². The van der Waals surface area contributed by atoms with E-state index in [-0.39, 0.29) is 5.76 Å². The van der Waals surface area contributed by atoms with Crippen molar-refractivity contribution in [2.24, 2.45) is 16.6 Å². The SMILES string of the molecule is CN=C(NCc1ccc(C(N)=O)o1)N1CCC(CN2CCOCC2)C1. The second kappa shape index (κ2) is 8.35. The molecule has 1 aromatic rings. The summed E-state index contributed by atoms with van der Waals surface area (Å²) in [7, 11) is 1.79. The van der Waals surface area contributed by atoms with E-state index in [1.165, 1.54) is 6.42 Å². The summed E-state index contributed by atoms with van der Waals surface area (Å²) in [5.74, 6) is 1.81. The molecule has 8 heteroatoms. The van der Waals surface area contributed by atoms with E-state index in [1.807, 2.05) is 0 Å². The average Bonchev–Trinajstić information content (AvgIpc) is 3.26. The maximum atomic E-state index is 11.1. The number of morpholine rings is 1. The van der Waals surface area contributed by atoms with Gasteiger partial charge in [0.25, 0.3) is 5.91 Å². The molecule has 2 fully saturated rings. The lowest BCUT2D eigenvalue weighted by molar-refractivity contribution is 0.0315. The molecule has 0 spiro atoms. The van der Waals surface area contributed by atoms with Gasteiger partial charge in [-0.05, 0) is 24.5 Å². The van der Waals surface area contributed by atoms with Crippen LogP contribution in [0.2, 0.25) is 0 Å². The zero-order chi connectivity index (χ0) is 17.6. The van der Waals surface area contributed by atoms with Crippen LogP contribution in [-0.2, 0) is 11.3 Å². The fourth-order valence-corrected chi connectivity index (χ4v) is 3.43. The summed E-state index contributed by atoms with van der Waals surface area (Å²) in [5, 5.41) is 3.30. The molecule has 3 heterocycles. The molecule has 138 valence electrons. The third-order valence-electron chi connectivity index (χ3n) is 4.74. The molecule has 0 aliphatic carbocycles. The Bertz CT molecular complexity index is 609. The van der Waals surface area contributed by atoms with Crippen LogP contribution in [0.25, 0.3) is 0 Å². The van der Waals surface area contributed by atoms with Crippen LogP contribution >= 0.6 is 0 Å². The molecule has 1 atom stereocenters. The highest BCUT2D eigenvalue weighted by atomic mass is 16.5. The molecule has 0 bridgehead atoms. The number of hydrogen-bond acceptors (Lipinski definition) is 5. The van der Waals surface area contributed by atoms with Crippen LogP contribution in [-0.4, -0.2) is 74.7 Å². The summed E-state index contributed by atoms with van der Waals surface area (Å²) >= 11 is 0. The topological polar surface area (TPSA) is 96.3 Å². The molecule has 0 radical (unpaired) electrons. The first-order valence-electron chi connectivity index (χ1n) is 8.80. The van der Waals surface area contributed by atoms with Gasteiger partial charge in [-0.25, -0.2) is 0 Å². The number of nitrogens with two attached hydrogens (primary N) is 1. The highest BCUT2D eigenvalue weighted by Gasteiger charge is 2.27. The first kappa shape index (κ1) is 17.8. The molecule has 8 nitrogen and oxygen atoms in total. The van der Waals surface area contributed by atoms with Gasteiger partial charge in [0.1, 0.15) is 5.76 Å². The fourth-order valence-electron chi connectivity index (χ4n) is 3.43. The van der Waals surface area contributed by atoms with E-state index in [0.29, 0.717) is 18.2 Å². The van der Waals surface area contributed by atoms with Crippen molar-refractivity contribution in [3.63, 3.8) is 0 Å². The Hall–Kier alpha value is -2.06. The second-order valence-corrected chi connectivity index (χ2v) is 6.54. The van der Waals surface area contributed by atoms with Crippen molar-refractivity contribution in [2.45, 2.75) is 13.0 Å². The predicted octanol–water partition coefficient (Wildman–Crippen LogP) is 0.108. The number of furan rings is 1. The molecule has 0 aromatic carbocycles. The van der Waals surface area contributed by atoms with E-state index in [0.717, 1.165) is 51.9 Å². The molecule has 1 amide bonds. The minimum absolute atomic E-state index is 0.179. The summed E-state index contributed by atoms with van der Waals surface area (Å²) in [5.41, 5.74) is 5.20. The molecule has 1 unspecified atom stereocenters. The Balaban J connectivity index is 1.47. The van der Waals surface area contributed by atoms with Crippen molar-refractivity contribution >= 4 is 11.9 Å². The number of nitrogens with one attached hydrogen (secondary N) is 1. The number of amides is 1. The van der Waals surface area contributed by atoms with Crippen molar-refractivity contribution in [2.75, 3.05) is 53.0 Å². The van der Waals surface area contributed by atoms with E-state index < -0.39 is 5.91 Å². The number of carbonyl (C=O) groups excluding carboxylic acids is 1. The quantitative estimate of drug-likeness (QED) is 0.578. The fraction of sp³-hybridized carbons (Fsp3) is 0.647. The van der Waals surface area contributed by atoms with E-state index in [1.54, 1.807) is 19.2 Å². The normalized spacial score (nSPS) is 22.4. The zero-order valence-electron chi connectivity index (χ0n) is 14.7. The molecule has 2 aliphatic heterocycles. The van der Waals surface area contributed by atoms with Crippen molar-refractivity contribution in [3.8, 4) is 0 Å². The molecule has 25 heavy (non-hydrogen) atoms. The van der Waals surface area contributed by atoms with Crippen LogP contribution in [0.5, 0.6) is 0 Å². The Labute approximate surface area is 148 Å². The molecule has 3 rings (SSSR count). The Morgan fingerprint density at radius 1 is 1.36 bits per heavy atom. The summed E-state index contributed by atoms with van der Waals surface area (Å²) in [4.78, 5) is 20.2. The van der Waals surface area contributed by atoms with Crippen LogP contribution in [0.4, 0.5) is 0 Å². The zero-order valence-corrected chi connectivity index (χ0v) is 14.7. The third kappa shape index (κ3) is 4.73. The van der Waals surface area contributed by atoms with Gasteiger partial charge in [0, 0.05) is 39.8 Å². The average molecular weight is 349 g/mol. The van der Waals surface area contributed by atoms with Gasteiger partial charge in [0.05, 0.1) is 19.8 Å². The van der Waals surface area contributed by atoms with Crippen LogP contribution in [0.3, 0.4) is 0 Å². The molecule has 1 aromatic heterocycles. The monoisotopic (exact) mass is 349 g/mol. The number of carbonyl (C=O) groups is 1. The largest absolute Gasteiger partial charge is 0.454 e. The summed E-state index contributed by atoms with van der Waals surface area (Å²) < 4.78 is 10.8. The van der Waals surface area contributed by atoms with Crippen molar-refractivity contribution < 1.29 is 13.9 Å². The lowest BCUT2D eigenvalue weighted by atomic mass is 10.1. The predicted molar refractivity (Wildman–Crippen MR) is 94.4 cm³/mol. The Kier molecular flexibility index (Phi) is 5.93. The molecule has 0 saturated carbocycles. The molecular formula is C17H27N5O3. The number of guanidine groups is 1. The smallest absolute Gasteiger partial charge is 0.284 e. The van der Waals surface area contributed by atoms with Crippen molar-refractivity contribution in [3.05, 3.63) is 23.7 Å². The van der Waals surface area contributed by atoms with Gasteiger partial charge in [0.15, 0.2) is 11.7 Å². The second-order valence-electron chi connectivity index (χ2n) is 6.54. The number of nitrogens with zero attached hydrogens (tertiary/aromatic N) is 3. The summed E-state index contributed by atoms with van der Waals surface area (Å²) in [6.45, 7) is 7.35. The van der Waals surface area contributed by atoms with Gasteiger partial charge in [-0.3, -0.25) is 14.7 Å². The van der Waals surface area contributed by atoms with Gasteiger partial charge in [0.2, 0.25) is 0 Å². The van der Waals surface area contributed by atoms with Crippen LogP contribution < -0.4 is 11.1 Å². The van der Waals surface area contributed by atoms with E-state index in [2.05, 4.69) is 20.1 Å². The van der Waals surface area contributed by atoms with Crippen molar-refractivity contribution in [1.82, 2.24) is 15.1 Å². The number of likely N-dealkylation sites (tertiary alicyclic amines) is 1. The number of primary amides is 1. The van der Waals surface area contributed by atoms with E-state index in [9.17, 15) is 4.79 Å². The van der Waals surface area contributed by atoms with Crippen molar-refractivity contribution in [1.29, 1.82) is 0 Å². The van der Waals surface area contributed by atoms with E-state index in [4.69, 9.17) is 14.9 Å². The summed E-state index contributed by atoms with van der Waals surface area (Å²) in [6, 6.07) is 3.35. The van der Waals surface area contributed by atoms with E-state index >= 15 is 0 Å². The minimum atomic E-state index is -0.555. The van der Waals surface area contributed by atoms with Gasteiger partial charge in [-0.2, -0.15) is 0 Å². The number of ether oxygens (including phenoxy) is 1. The Morgan fingerprint density at radius 2 is 2.16 bits per heavy atom. The maximum absolute atomic E-state index is 11.1. The van der Waals surface area contributed by atoms with Crippen LogP contribution in [0.1, 0.15) is 22.7 Å². The first-order valence-corrected chi connectivity index (χ1v) is 8.80.